The number of anilines is 1. The molecule has 4 aromatic rings. The fraction of sp³-hybridized carbons (Fsp3) is 0.280. The van der Waals surface area contributed by atoms with Gasteiger partial charge in [-0.05, 0) is 43.2 Å². The van der Waals surface area contributed by atoms with Gasteiger partial charge in [-0.1, -0.05) is 18.2 Å². The van der Waals surface area contributed by atoms with Crippen molar-refractivity contribution in [2.24, 2.45) is 0 Å². The van der Waals surface area contributed by atoms with Crippen LogP contribution in [0, 0.1) is 0 Å². The van der Waals surface area contributed by atoms with Crippen LogP contribution in [0.25, 0.3) is 22.2 Å². The van der Waals surface area contributed by atoms with E-state index in [9.17, 15) is 4.79 Å². The quantitative estimate of drug-likeness (QED) is 0.490. The molecule has 1 aliphatic heterocycles. The molecule has 5 rings (SSSR count). The summed E-state index contributed by atoms with van der Waals surface area (Å²) < 4.78 is 7.28. The van der Waals surface area contributed by atoms with Gasteiger partial charge in [-0.3, -0.25) is 9.78 Å². The Morgan fingerprint density at radius 1 is 1.09 bits per heavy atom. The number of carbonyl (C=O) groups excluding carboxylic acids is 1. The molecule has 168 valence electrons. The molecule has 1 aromatic carbocycles. The number of aromatic nitrogens is 4. The molecule has 0 radical (unpaired) electrons. The maximum atomic E-state index is 13.4. The molecule has 4 heterocycles. The van der Waals surface area contributed by atoms with Gasteiger partial charge < -0.3 is 19.9 Å². The molecule has 33 heavy (non-hydrogen) atoms. The highest BCUT2D eigenvalue weighted by atomic mass is 16.5. The van der Waals surface area contributed by atoms with Crippen LogP contribution in [0.3, 0.4) is 0 Å². The summed E-state index contributed by atoms with van der Waals surface area (Å²) in [5.41, 5.74) is 10.3. The molecule has 0 saturated carbocycles. The van der Waals surface area contributed by atoms with E-state index in [0.717, 1.165) is 53.1 Å². The molecule has 8 heteroatoms. The second-order valence-electron chi connectivity index (χ2n) is 8.22. The van der Waals surface area contributed by atoms with Crippen LogP contribution in [-0.2, 0) is 22.7 Å². The summed E-state index contributed by atoms with van der Waals surface area (Å²) in [4.78, 5) is 28.8. The topological polar surface area (TPSA) is 99.2 Å². The summed E-state index contributed by atoms with van der Waals surface area (Å²) in [6.07, 6.45) is 5.43. The third-order valence-electron chi connectivity index (χ3n) is 6.12. The van der Waals surface area contributed by atoms with E-state index in [1.165, 1.54) is 0 Å². The van der Waals surface area contributed by atoms with Crippen molar-refractivity contribution < 1.29 is 9.53 Å². The molecule has 0 spiro atoms. The van der Waals surface area contributed by atoms with Gasteiger partial charge in [0.15, 0.2) is 0 Å². The molecule has 3 aromatic heterocycles. The lowest BCUT2D eigenvalue weighted by molar-refractivity contribution is -0.132. The molecule has 2 N–H and O–H groups in total. The Kier molecular flexibility index (Phi) is 5.75. The lowest BCUT2D eigenvalue weighted by Gasteiger charge is -2.25. The first-order valence-corrected chi connectivity index (χ1v) is 11.0. The SMILES string of the molecule is COCc1nc2ccccc2n1CC(=O)N1CCC[C@H]1c1ccc(-c2ccc(N)nc2)cn1. The largest absolute Gasteiger partial charge is 0.384 e. The summed E-state index contributed by atoms with van der Waals surface area (Å²) in [7, 11) is 1.64. The van der Waals surface area contributed by atoms with Gasteiger partial charge in [0, 0.05) is 37.2 Å². The van der Waals surface area contributed by atoms with Crippen molar-refractivity contribution in [2.45, 2.75) is 32.0 Å². The summed E-state index contributed by atoms with van der Waals surface area (Å²) in [5.74, 6) is 1.30. The van der Waals surface area contributed by atoms with Gasteiger partial charge in [0.1, 0.15) is 24.8 Å². The van der Waals surface area contributed by atoms with Gasteiger partial charge in [-0.2, -0.15) is 0 Å². The minimum atomic E-state index is -0.0308. The molecule has 1 fully saturated rings. The van der Waals surface area contributed by atoms with E-state index >= 15 is 0 Å². The van der Waals surface area contributed by atoms with E-state index in [0.29, 0.717) is 12.4 Å². The number of hydrogen-bond acceptors (Lipinski definition) is 6. The fourth-order valence-electron chi connectivity index (χ4n) is 4.49. The number of carbonyl (C=O) groups is 1. The van der Waals surface area contributed by atoms with Crippen LogP contribution in [0.2, 0.25) is 0 Å². The zero-order valence-electron chi connectivity index (χ0n) is 18.5. The number of benzene rings is 1. The van der Waals surface area contributed by atoms with E-state index in [-0.39, 0.29) is 18.5 Å². The Hall–Kier alpha value is -3.78. The molecule has 0 unspecified atom stereocenters. The van der Waals surface area contributed by atoms with Crippen molar-refractivity contribution in [2.75, 3.05) is 19.4 Å². The third-order valence-corrected chi connectivity index (χ3v) is 6.12. The van der Waals surface area contributed by atoms with Crippen LogP contribution >= 0.6 is 0 Å². The number of imidazole rings is 1. The van der Waals surface area contributed by atoms with Crippen molar-refractivity contribution in [1.82, 2.24) is 24.4 Å². The van der Waals surface area contributed by atoms with Gasteiger partial charge in [0.25, 0.3) is 0 Å². The Morgan fingerprint density at radius 2 is 1.88 bits per heavy atom. The second-order valence-corrected chi connectivity index (χ2v) is 8.22. The zero-order valence-corrected chi connectivity index (χ0v) is 18.5. The van der Waals surface area contributed by atoms with E-state index in [1.807, 2.05) is 58.1 Å². The second kappa shape index (κ2) is 8.99. The normalized spacial score (nSPS) is 15.9. The minimum absolute atomic E-state index is 0.0308. The van der Waals surface area contributed by atoms with Gasteiger partial charge in [0.2, 0.25) is 5.91 Å². The van der Waals surface area contributed by atoms with E-state index in [4.69, 9.17) is 15.5 Å². The zero-order chi connectivity index (χ0) is 22.8. The summed E-state index contributed by atoms with van der Waals surface area (Å²) >= 11 is 0. The van der Waals surface area contributed by atoms with Crippen molar-refractivity contribution in [3.05, 3.63) is 72.4 Å². The third kappa shape index (κ3) is 4.17. The summed E-state index contributed by atoms with van der Waals surface area (Å²) in [6, 6.07) is 15.6. The molecule has 1 aliphatic rings. The highest BCUT2D eigenvalue weighted by molar-refractivity contribution is 5.81. The first kappa shape index (κ1) is 21.1. The smallest absolute Gasteiger partial charge is 0.243 e. The predicted octanol–water partition coefficient (Wildman–Crippen LogP) is 3.59. The lowest BCUT2D eigenvalue weighted by Crippen LogP contribution is -2.34. The van der Waals surface area contributed by atoms with E-state index in [1.54, 1.807) is 19.4 Å². The molecule has 1 saturated heterocycles. The molecular weight excluding hydrogens is 416 g/mol. The monoisotopic (exact) mass is 442 g/mol. The number of likely N-dealkylation sites (tertiary alicyclic amines) is 1. The average molecular weight is 443 g/mol. The number of para-hydroxylation sites is 2. The molecule has 0 bridgehead atoms. The summed E-state index contributed by atoms with van der Waals surface area (Å²) in [5, 5.41) is 0. The Bertz CT molecular complexity index is 1270. The number of amides is 1. The molecular formula is C25H26N6O2. The van der Waals surface area contributed by atoms with E-state index < -0.39 is 0 Å². The Balaban J connectivity index is 1.37. The van der Waals surface area contributed by atoms with Crippen molar-refractivity contribution in [3.8, 4) is 11.1 Å². The lowest BCUT2D eigenvalue weighted by atomic mass is 10.1. The Morgan fingerprint density at radius 3 is 2.61 bits per heavy atom. The number of methoxy groups -OCH3 is 1. The van der Waals surface area contributed by atoms with Gasteiger partial charge >= 0.3 is 0 Å². The van der Waals surface area contributed by atoms with Crippen molar-refractivity contribution in [1.29, 1.82) is 0 Å². The number of nitrogens with zero attached hydrogens (tertiary/aromatic N) is 5. The number of rotatable bonds is 6. The average Bonchev–Trinajstić information content (AvgIpc) is 3.46. The fourth-order valence-corrected chi connectivity index (χ4v) is 4.49. The first-order chi connectivity index (χ1) is 16.1. The summed E-state index contributed by atoms with van der Waals surface area (Å²) in [6.45, 7) is 1.31. The van der Waals surface area contributed by atoms with E-state index in [2.05, 4.69) is 9.97 Å². The van der Waals surface area contributed by atoms with Gasteiger partial charge in [-0.15, -0.1) is 0 Å². The molecule has 1 atom stereocenters. The number of pyridine rings is 2. The molecule has 8 nitrogen and oxygen atoms in total. The Labute approximate surface area is 192 Å². The van der Waals surface area contributed by atoms with Crippen molar-refractivity contribution in [3.63, 3.8) is 0 Å². The number of nitrogen functional groups attached to an aromatic ring is 1. The maximum absolute atomic E-state index is 13.4. The van der Waals surface area contributed by atoms with Crippen molar-refractivity contribution >= 4 is 22.8 Å². The number of nitrogens with two attached hydrogens (primary N) is 1. The highest BCUT2D eigenvalue weighted by Gasteiger charge is 2.31. The molecule has 0 aliphatic carbocycles. The van der Waals surface area contributed by atoms with Gasteiger partial charge in [-0.25, -0.2) is 9.97 Å². The minimum Gasteiger partial charge on any atom is -0.384 e. The van der Waals surface area contributed by atoms with Crippen LogP contribution in [0.1, 0.15) is 30.4 Å². The standard InChI is InChI=1S/C25H26N6O2/c1-33-16-24-29-20-5-2-3-6-22(20)31(24)15-25(32)30-12-4-7-21(30)19-10-8-17(13-27-19)18-9-11-23(26)28-14-18/h2-3,5-6,8-11,13-14,21H,4,7,12,15-16H2,1H3,(H2,26,28)/t21-/m0/s1. The van der Waals surface area contributed by atoms with Crippen LogP contribution in [0.4, 0.5) is 5.82 Å². The van der Waals surface area contributed by atoms with Crippen LogP contribution in [0.15, 0.2) is 60.9 Å². The number of hydrogen-bond donors (Lipinski definition) is 1. The predicted molar refractivity (Wildman–Crippen MR) is 126 cm³/mol. The highest BCUT2D eigenvalue weighted by Crippen LogP contribution is 2.32. The number of fused-ring (bicyclic) bond motifs is 1. The van der Waals surface area contributed by atoms with Crippen LogP contribution in [0.5, 0.6) is 0 Å². The first-order valence-electron chi connectivity index (χ1n) is 11.0. The molecule has 1 amide bonds. The maximum Gasteiger partial charge on any atom is 0.243 e. The van der Waals surface area contributed by atoms with Crippen LogP contribution < -0.4 is 5.73 Å². The van der Waals surface area contributed by atoms with Crippen LogP contribution in [-0.4, -0.2) is 44.0 Å². The van der Waals surface area contributed by atoms with Gasteiger partial charge in [0.05, 0.1) is 22.8 Å². The number of ether oxygens (including phenoxy) is 1.